The molecule has 0 bridgehead atoms. The fourth-order valence-electron chi connectivity index (χ4n) is 3.80. The number of rotatable bonds is 6. The van der Waals surface area contributed by atoms with Crippen molar-refractivity contribution in [2.75, 3.05) is 18.4 Å². The summed E-state index contributed by atoms with van der Waals surface area (Å²) < 4.78 is 13.2. The van der Waals surface area contributed by atoms with Crippen LogP contribution in [0.25, 0.3) is 0 Å². The number of halogens is 1. The maximum Gasteiger partial charge on any atom is 0.321 e. The van der Waals surface area contributed by atoms with E-state index in [1.807, 2.05) is 18.2 Å². The molecule has 0 radical (unpaired) electrons. The minimum Gasteiger partial charge on any atom is -0.348 e. The highest BCUT2D eigenvalue weighted by molar-refractivity contribution is 6.15. The molecule has 1 aliphatic heterocycles. The van der Waals surface area contributed by atoms with Gasteiger partial charge in [0.2, 0.25) is 0 Å². The second kappa shape index (κ2) is 10.1. The van der Waals surface area contributed by atoms with Crippen LogP contribution in [0.2, 0.25) is 0 Å². The molecule has 2 N–H and O–H groups in total. The van der Waals surface area contributed by atoms with Crippen LogP contribution in [0.3, 0.4) is 0 Å². The average molecular weight is 445 g/mol. The van der Waals surface area contributed by atoms with E-state index in [2.05, 4.69) is 10.6 Å². The number of benzene rings is 3. The van der Waals surface area contributed by atoms with Crippen molar-refractivity contribution >= 4 is 23.4 Å². The second-order valence-electron chi connectivity index (χ2n) is 7.89. The Labute approximate surface area is 191 Å². The second-order valence-corrected chi connectivity index (χ2v) is 7.89. The molecular formula is C26H24FN3O3. The maximum atomic E-state index is 13.2. The molecule has 4 rings (SSSR count). The summed E-state index contributed by atoms with van der Waals surface area (Å²) in [4.78, 5) is 39.8. The molecule has 1 fully saturated rings. The van der Waals surface area contributed by atoms with Crippen molar-refractivity contribution < 1.29 is 18.8 Å². The summed E-state index contributed by atoms with van der Waals surface area (Å²) >= 11 is 0. The lowest BCUT2D eigenvalue weighted by Crippen LogP contribution is -2.32. The van der Waals surface area contributed by atoms with Crippen molar-refractivity contribution in [2.45, 2.75) is 19.4 Å². The van der Waals surface area contributed by atoms with Crippen LogP contribution in [0, 0.1) is 5.82 Å². The molecule has 0 aliphatic carbocycles. The Morgan fingerprint density at radius 2 is 1.55 bits per heavy atom. The van der Waals surface area contributed by atoms with Gasteiger partial charge in [-0.1, -0.05) is 30.3 Å². The first-order valence-electron chi connectivity index (χ1n) is 10.8. The van der Waals surface area contributed by atoms with Gasteiger partial charge in [-0.2, -0.15) is 0 Å². The Morgan fingerprint density at radius 1 is 0.848 bits per heavy atom. The molecular weight excluding hydrogens is 421 g/mol. The van der Waals surface area contributed by atoms with E-state index >= 15 is 0 Å². The monoisotopic (exact) mass is 445 g/mol. The molecule has 168 valence electrons. The summed E-state index contributed by atoms with van der Waals surface area (Å²) in [5, 5.41) is 5.73. The van der Waals surface area contributed by atoms with Gasteiger partial charge in [0.05, 0.1) is 5.56 Å². The number of hydrogen-bond donors (Lipinski definition) is 2. The van der Waals surface area contributed by atoms with Crippen LogP contribution in [-0.4, -0.2) is 35.7 Å². The Hall–Kier alpha value is -4.00. The number of amides is 3. The Balaban J connectivity index is 1.43. The van der Waals surface area contributed by atoms with Gasteiger partial charge in [-0.25, -0.2) is 9.18 Å². The van der Waals surface area contributed by atoms with Gasteiger partial charge in [0, 0.05) is 36.4 Å². The summed E-state index contributed by atoms with van der Waals surface area (Å²) in [6, 6.07) is 18.9. The number of nitrogens with zero attached hydrogens (tertiary/aromatic N) is 1. The molecule has 0 spiro atoms. The SMILES string of the molecule is O=C(NCc1cccc(NC(=O)N2CCCC2)c1)c1ccccc1C(=O)c1ccc(F)cc1. The van der Waals surface area contributed by atoms with E-state index in [4.69, 9.17) is 0 Å². The highest BCUT2D eigenvalue weighted by Gasteiger charge is 2.19. The molecule has 0 aromatic heterocycles. The van der Waals surface area contributed by atoms with Gasteiger partial charge in [0.25, 0.3) is 5.91 Å². The summed E-state index contributed by atoms with van der Waals surface area (Å²) in [7, 11) is 0. The molecule has 1 aliphatic rings. The molecule has 0 unspecified atom stereocenters. The van der Waals surface area contributed by atoms with Crippen molar-refractivity contribution in [1.82, 2.24) is 10.2 Å². The van der Waals surface area contributed by atoms with Gasteiger partial charge in [-0.15, -0.1) is 0 Å². The van der Waals surface area contributed by atoms with E-state index in [9.17, 15) is 18.8 Å². The fourth-order valence-corrected chi connectivity index (χ4v) is 3.80. The van der Waals surface area contributed by atoms with Crippen LogP contribution in [0.1, 0.15) is 44.7 Å². The third kappa shape index (κ3) is 5.44. The Morgan fingerprint density at radius 3 is 2.27 bits per heavy atom. The molecule has 7 heteroatoms. The Kier molecular flexibility index (Phi) is 6.78. The van der Waals surface area contributed by atoms with E-state index in [1.54, 1.807) is 35.2 Å². The van der Waals surface area contributed by atoms with Crippen molar-refractivity contribution in [3.63, 3.8) is 0 Å². The number of nitrogens with one attached hydrogen (secondary N) is 2. The standard InChI is InChI=1S/C26H24FN3O3/c27-20-12-10-19(11-13-20)24(31)22-8-1-2-9-23(22)25(32)28-17-18-6-5-7-21(16-18)29-26(33)30-14-3-4-15-30/h1-2,5-13,16H,3-4,14-15,17H2,(H,28,32)(H,29,33). The number of carbonyl (C=O) groups is 3. The first-order chi connectivity index (χ1) is 16.0. The average Bonchev–Trinajstić information content (AvgIpc) is 3.38. The minimum absolute atomic E-state index is 0.123. The molecule has 0 atom stereocenters. The van der Waals surface area contributed by atoms with Crippen LogP contribution in [-0.2, 0) is 6.54 Å². The number of anilines is 1. The predicted molar refractivity (Wildman–Crippen MR) is 124 cm³/mol. The topological polar surface area (TPSA) is 78.5 Å². The molecule has 6 nitrogen and oxygen atoms in total. The zero-order chi connectivity index (χ0) is 23.2. The summed E-state index contributed by atoms with van der Waals surface area (Å²) in [5.74, 6) is -1.18. The van der Waals surface area contributed by atoms with Crippen molar-refractivity contribution in [1.29, 1.82) is 0 Å². The number of carbonyl (C=O) groups excluding carboxylic acids is 3. The van der Waals surface area contributed by atoms with Gasteiger partial charge >= 0.3 is 6.03 Å². The lowest BCUT2D eigenvalue weighted by molar-refractivity contribution is 0.0939. The highest BCUT2D eigenvalue weighted by atomic mass is 19.1. The quantitative estimate of drug-likeness (QED) is 0.544. The molecule has 33 heavy (non-hydrogen) atoms. The summed E-state index contributed by atoms with van der Waals surface area (Å²) in [5.41, 5.74) is 2.26. The molecule has 1 saturated heterocycles. The van der Waals surface area contributed by atoms with E-state index in [-0.39, 0.29) is 29.5 Å². The molecule has 1 heterocycles. The molecule has 3 aromatic carbocycles. The maximum absolute atomic E-state index is 13.2. The van der Waals surface area contributed by atoms with E-state index in [0.29, 0.717) is 11.3 Å². The van der Waals surface area contributed by atoms with Crippen LogP contribution >= 0.6 is 0 Å². The Bertz CT molecular complexity index is 1170. The number of urea groups is 1. The highest BCUT2D eigenvalue weighted by Crippen LogP contribution is 2.17. The third-order valence-electron chi connectivity index (χ3n) is 5.55. The van der Waals surface area contributed by atoms with Gasteiger partial charge in [0.1, 0.15) is 5.82 Å². The lowest BCUT2D eigenvalue weighted by atomic mass is 9.98. The normalized spacial score (nSPS) is 12.9. The fraction of sp³-hybridized carbons (Fsp3) is 0.192. The van der Waals surface area contributed by atoms with Gasteiger partial charge in [-0.05, 0) is 60.9 Å². The first-order valence-corrected chi connectivity index (χ1v) is 10.8. The smallest absolute Gasteiger partial charge is 0.321 e. The lowest BCUT2D eigenvalue weighted by Gasteiger charge is -2.16. The summed E-state index contributed by atoms with van der Waals surface area (Å²) in [6.45, 7) is 1.75. The van der Waals surface area contributed by atoms with Crippen molar-refractivity contribution in [3.8, 4) is 0 Å². The van der Waals surface area contributed by atoms with Crippen LogP contribution in [0.15, 0.2) is 72.8 Å². The van der Waals surface area contributed by atoms with Crippen molar-refractivity contribution in [2.24, 2.45) is 0 Å². The van der Waals surface area contributed by atoms with Crippen LogP contribution < -0.4 is 10.6 Å². The minimum atomic E-state index is -0.434. The van der Waals surface area contributed by atoms with Crippen LogP contribution in [0.5, 0.6) is 0 Å². The predicted octanol–water partition coefficient (Wildman–Crippen LogP) is 4.61. The molecule has 0 saturated carbocycles. The number of likely N-dealkylation sites (tertiary alicyclic amines) is 1. The van der Waals surface area contributed by atoms with Crippen molar-refractivity contribution in [3.05, 3.63) is 101 Å². The molecule has 3 amide bonds. The van der Waals surface area contributed by atoms with Gasteiger partial charge in [-0.3, -0.25) is 9.59 Å². The zero-order valence-corrected chi connectivity index (χ0v) is 18.0. The number of ketones is 1. The van der Waals surface area contributed by atoms with Gasteiger partial charge in [0.15, 0.2) is 5.78 Å². The van der Waals surface area contributed by atoms with E-state index in [0.717, 1.165) is 31.5 Å². The van der Waals surface area contributed by atoms with Crippen LogP contribution in [0.4, 0.5) is 14.9 Å². The zero-order valence-electron chi connectivity index (χ0n) is 18.0. The first kappa shape index (κ1) is 22.2. The summed E-state index contributed by atoms with van der Waals surface area (Å²) in [6.07, 6.45) is 2.04. The van der Waals surface area contributed by atoms with E-state index in [1.165, 1.54) is 24.3 Å². The third-order valence-corrected chi connectivity index (χ3v) is 5.55. The molecule has 3 aromatic rings. The van der Waals surface area contributed by atoms with E-state index < -0.39 is 11.7 Å². The largest absolute Gasteiger partial charge is 0.348 e. The number of hydrogen-bond acceptors (Lipinski definition) is 3. The van der Waals surface area contributed by atoms with Gasteiger partial charge < -0.3 is 15.5 Å².